The zero-order chi connectivity index (χ0) is 12.3. The highest BCUT2D eigenvalue weighted by Crippen LogP contribution is 2.32. The van der Waals surface area contributed by atoms with Crippen molar-refractivity contribution in [1.82, 2.24) is 0 Å². The van der Waals surface area contributed by atoms with Crippen molar-refractivity contribution < 1.29 is 9.50 Å². The van der Waals surface area contributed by atoms with Gasteiger partial charge in [0.05, 0.1) is 6.10 Å². The minimum atomic E-state index is -0.441. The van der Waals surface area contributed by atoms with Gasteiger partial charge in [0.25, 0.3) is 0 Å². The summed E-state index contributed by atoms with van der Waals surface area (Å²) in [5.41, 5.74) is 1.73. The summed E-state index contributed by atoms with van der Waals surface area (Å²) in [6.45, 7) is 1.86. The van der Waals surface area contributed by atoms with Crippen LogP contribution in [-0.2, 0) is 0 Å². The third-order valence-corrected chi connectivity index (χ3v) is 4.54. The van der Waals surface area contributed by atoms with E-state index in [1.165, 1.54) is 36.5 Å². The van der Waals surface area contributed by atoms with Gasteiger partial charge in [0.15, 0.2) is 0 Å². The Morgan fingerprint density at radius 1 is 1.41 bits per heavy atom. The highest BCUT2D eigenvalue weighted by Gasteiger charge is 2.19. The molecule has 0 aromatic heterocycles. The zero-order valence-electron chi connectivity index (χ0n) is 10.2. The van der Waals surface area contributed by atoms with Crippen molar-refractivity contribution in [3.8, 4) is 0 Å². The Bertz CT molecular complexity index is 374. The Morgan fingerprint density at radius 3 is 2.76 bits per heavy atom. The first-order valence-corrected chi connectivity index (χ1v) is 7.34. The predicted octanol–water partition coefficient (Wildman–Crippen LogP) is 3.70. The summed E-state index contributed by atoms with van der Waals surface area (Å²) >= 11 is 2.00. The lowest BCUT2D eigenvalue weighted by Crippen LogP contribution is -2.14. The van der Waals surface area contributed by atoms with E-state index in [0.29, 0.717) is 5.92 Å². The molecule has 1 aromatic rings. The zero-order valence-corrected chi connectivity index (χ0v) is 11.0. The summed E-state index contributed by atoms with van der Waals surface area (Å²) in [6, 6.07) is 4.64. The molecule has 17 heavy (non-hydrogen) atoms. The maximum absolute atomic E-state index is 13.0. The molecule has 1 heterocycles. The van der Waals surface area contributed by atoms with Crippen LogP contribution in [0, 0.1) is 18.7 Å². The van der Waals surface area contributed by atoms with E-state index in [9.17, 15) is 9.50 Å². The average molecular weight is 254 g/mol. The van der Waals surface area contributed by atoms with Crippen LogP contribution in [0.3, 0.4) is 0 Å². The number of aryl methyl sites for hydroxylation is 1. The number of rotatable bonds is 3. The Balaban J connectivity index is 2.00. The van der Waals surface area contributed by atoms with Gasteiger partial charge in [-0.1, -0.05) is 6.07 Å². The van der Waals surface area contributed by atoms with Gasteiger partial charge in [-0.15, -0.1) is 0 Å². The summed E-state index contributed by atoms with van der Waals surface area (Å²) in [5, 5.41) is 10.2. The molecule has 1 atom stereocenters. The first kappa shape index (κ1) is 12.9. The number of halogens is 1. The Morgan fingerprint density at radius 2 is 2.12 bits per heavy atom. The van der Waals surface area contributed by atoms with Crippen molar-refractivity contribution in [2.24, 2.45) is 5.92 Å². The van der Waals surface area contributed by atoms with Crippen LogP contribution in [0.1, 0.15) is 36.5 Å². The fourth-order valence-corrected chi connectivity index (χ4v) is 3.64. The smallest absolute Gasteiger partial charge is 0.123 e. The molecule has 1 N–H and O–H groups in total. The van der Waals surface area contributed by atoms with Gasteiger partial charge in [-0.05, 0) is 66.9 Å². The molecule has 1 fully saturated rings. The first-order chi connectivity index (χ1) is 8.16. The van der Waals surface area contributed by atoms with Gasteiger partial charge in [-0.3, -0.25) is 0 Å². The van der Waals surface area contributed by atoms with Crippen LogP contribution in [0.2, 0.25) is 0 Å². The van der Waals surface area contributed by atoms with Crippen LogP contribution in [0.15, 0.2) is 18.2 Å². The molecule has 0 amide bonds. The minimum Gasteiger partial charge on any atom is -0.388 e. The average Bonchev–Trinajstić information content (AvgIpc) is 2.30. The van der Waals surface area contributed by atoms with Crippen LogP contribution in [0.4, 0.5) is 4.39 Å². The molecule has 1 unspecified atom stereocenters. The van der Waals surface area contributed by atoms with Gasteiger partial charge in [0.1, 0.15) is 5.82 Å². The van der Waals surface area contributed by atoms with E-state index in [4.69, 9.17) is 0 Å². The maximum atomic E-state index is 13.0. The molecule has 94 valence electrons. The predicted molar refractivity (Wildman–Crippen MR) is 70.8 cm³/mol. The monoisotopic (exact) mass is 254 g/mol. The van der Waals surface area contributed by atoms with Crippen molar-refractivity contribution in [1.29, 1.82) is 0 Å². The highest BCUT2D eigenvalue weighted by atomic mass is 32.2. The quantitative estimate of drug-likeness (QED) is 0.887. The molecule has 1 aromatic carbocycles. The van der Waals surface area contributed by atoms with Crippen LogP contribution >= 0.6 is 11.8 Å². The standard InChI is InChI=1S/C14H19FOS/c1-10-8-12(15)2-3-13(10)14(16)9-11-4-6-17-7-5-11/h2-3,8,11,14,16H,4-7,9H2,1H3. The fraction of sp³-hybridized carbons (Fsp3) is 0.571. The molecule has 1 aliphatic rings. The molecule has 1 nitrogen and oxygen atoms in total. The minimum absolute atomic E-state index is 0.229. The second-order valence-corrected chi connectivity index (χ2v) is 6.03. The summed E-state index contributed by atoms with van der Waals surface area (Å²) in [7, 11) is 0. The second-order valence-electron chi connectivity index (χ2n) is 4.81. The van der Waals surface area contributed by atoms with Crippen LogP contribution in [-0.4, -0.2) is 16.6 Å². The van der Waals surface area contributed by atoms with E-state index in [1.807, 2.05) is 18.7 Å². The molecule has 0 saturated carbocycles. The highest BCUT2D eigenvalue weighted by molar-refractivity contribution is 7.99. The molecule has 0 aliphatic carbocycles. The van der Waals surface area contributed by atoms with Crippen molar-refractivity contribution in [2.75, 3.05) is 11.5 Å². The van der Waals surface area contributed by atoms with Crippen LogP contribution < -0.4 is 0 Å². The summed E-state index contributed by atoms with van der Waals surface area (Å²) in [6.07, 6.45) is 2.76. The fourth-order valence-electron chi connectivity index (χ4n) is 2.44. The molecule has 0 bridgehead atoms. The lowest BCUT2D eigenvalue weighted by molar-refractivity contribution is 0.140. The van der Waals surface area contributed by atoms with Crippen LogP contribution in [0.25, 0.3) is 0 Å². The van der Waals surface area contributed by atoms with Gasteiger partial charge in [0, 0.05) is 0 Å². The van der Waals surface area contributed by atoms with E-state index in [2.05, 4.69) is 0 Å². The number of hydrogen-bond acceptors (Lipinski definition) is 2. The summed E-state index contributed by atoms with van der Waals surface area (Å²) < 4.78 is 13.0. The normalized spacial score (nSPS) is 19.2. The first-order valence-electron chi connectivity index (χ1n) is 6.18. The number of thioether (sulfide) groups is 1. The topological polar surface area (TPSA) is 20.2 Å². The van der Waals surface area contributed by atoms with Crippen molar-refractivity contribution in [3.05, 3.63) is 35.1 Å². The SMILES string of the molecule is Cc1cc(F)ccc1C(O)CC1CCSCC1. The van der Waals surface area contributed by atoms with Gasteiger partial charge < -0.3 is 5.11 Å². The molecule has 0 spiro atoms. The molecule has 1 aliphatic heterocycles. The number of aliphatic hydroxyl groups is 1. The molecule has 0 radical (unpaired) electrons. The molecular weight excluding hydrogens is 235 g/mol. The van der Waals surface area contributed by atoms with E-state index in [-0.39, 0.29) is 5.82 Å². The third-order valence-electron chi connectivity index (χ3n) is 3.49. The van der Waals surface area contributed by atoms with Crippen molar-refractivity contribution in [2.45, 2.75) is 32.3 Å². The maximum Gasteiger partial charge on any atom is 0.123 e. The van der Waals surface area contributed by atoms with Crippen LogP contribution in [0.5, 0.6) is 0 Å². The Kier molecular flexibility index (Phi) is 4.46. The lowest BCUT2D eigenvalue weighted by atomic mass is 9.91. The molecule has 3 heteroatoms. The second kappa shape index (κ2) is 5.87. The Hall–Kier alpha value is -0.540. The van der Waals surface area contributed by atoms with E-state index < -0.39 is 6.10 Å². The molecule has 2 rings (SSSR count). The van der Waals surface area contributed by atoms with E-state index >= 15 is 0 Å². The van der Waals surface area contributed by atoms with Crippen molar-refractivity contribution in [3.63, 3.8) is 0 Å². The number of benzene rings is 1. The summed E-state index contributed by atoms with van der Waals surface area (Å²) in [5.74, 6) is 2.81. The van der Waals surface area contributed by atoms with Gasteiger partial charge in [-0.2, -0.15) is 11.8 Å². The number of aliphatic hydroxyl groups excluding tert-OH is 1. The Labute approximate surface area is 106 Å². The number of hydrogen-bond donors (Lipinski definition) is 1. The van der Waals surface area contributed by atoms with Gasteiger partial charge >= 0.3 is 0 Å². The largest absolute Gasteiger partial charge is 0.388 e. The van der Waals surface area contributed by atoms with E-state index in [1.54, 1.807) is 6.07 Å². The third kappa shape index (κ3) is 3.46. The van der Waals surface area contributed by atoms with Crippen molar-refractivity contribution >= 4 is 11.8 Å². The lowest BCUT2D eigenvalue weighted by Gasteiger charge is -2.24. The summed E-state index contributed by atoms with van der Waals surface area (Å²) in [4.78, 5) is 0. The molecule has 1 saturated heterocycles. The molecular formula is C14H19FOS. The van der Waals surface area contributed by atoms with Gasteiger partial charge in [-0.25, -0.2) is 4.39 Å². The van der Waals surface area contributed by atoms with Gasteiger partial charge in [0.2, 0.25) is 0 Å². The van der Waals surface area contributed by atoms with E-state index in [0.717, 1.165) is 17.5 Å².